The van der Waals surface area contributed by atoms with E-state index in [1.54, 1.807) is 12.4 Å². The summed E-state index contributed by atoms with van der Waals surface area (Å²) in [5.74, 6) is -0.851. The molecule has 1 heterocycles. The second-order valence-electron chi connectivity index (χ2n) is 5.42. The largest absolute Gasteiger partial charge is 0.481 e. The van der Waals surface area contributed by atoms with Crippen LogP contribution in [-0.2, 0) is 11.2 Å². The molecular weight excluding hydrogens is 288 g/mol. The van der Waals surface area contributed by atoms with Crippen LogP contribution in [-0.4, -0.2) is 23.8 Å². The first-order valence-electron chi connectivity index (χ1n) is 7.58. The standard InChI is InChI=1S/C19H18N2O2/c22-19(23)12-17-14-20-13-16-8-4-5-9-18(16)21(17)11-10-15-6-2-1-3-7-15/h1-9,13-14H,10-12H2,(H,22,23). The summed E-state index contributed by atoms with van der Waals surface area (Å²) in [6, 6.07) is 18.1. The van der Waals surface area contributed by atoms with Crippen LogP contribution in [0.25, 0.3) is 0 Å². The van der Waals surface area contributed by atoms with Gasteiger partial charge in [0, 0.05) is 35.9 Å². The molecule has 0 amide bonds. The highest BCUT2D eigenvalue weighted by atomic mass is 16.4. The minimum Gasteiger partial charge on any atom is -0.481 e. The third-order valence-electron chi connectivity index (χ3n) is 3.81. The van der Waals surface area contributed by atoms with E-state index < -0.39 is 5.97 Å². The summed E-state index contributed by atoms with van der Waals surface area (Å²) in [6.45, 7) is 0.712. The van der Waals surface area contributed by atoms with Crippen LogP contribution in [0, 0.1) is 0 Å². The normalized spacial score (nSPS) is 13.2. The summed E-state index contributed by atoms with van der Waals surface area (Å²) in [4.78, 5) is 17.5. The monoisotopic (exact) mass is 306 g/mol. The van der Waals surface area contributed by atoms with E-state index in [1.807, 2.05) is 42.5 Å². The fraction of sp³-hybridized carbons (Fsp3) is 0.158. The van der Waals surface area contributed by atoms with E-state index in [-0.39, 0.29) is 6.42 Å². The molecule has 0 spiro atoms. The molecule has 0 atom stereocenters. The topological polar surface area (TPSA) is 52.9 Å². The second-order valence-corrected chi connectivity index (χ2v) is 5.42. The van der Waals surface area contributed by atoms with Crippen LogP contribution in [0.15, 0.2) is 71.5 Å². The minimum atomic E-state index is -0.851. The van der Waals surface area contributed by atoms with Crippen LogP contribution in [0.1, 0.15) is 17.5 Å². The highest BCUT2D eigenvalue weighted by molar-refractivity contribution is 5.90. The lowest BCUT2D eigenvalue weighted by atomic mass is 10.1. The molecule has 4 nitrogen and oxygen atoms in total. The number of anilines is 1. The van der Waals surface area contributed by atoms with Gasteiger partial charge in [0.1, 0.15) is 0 Å². The van der Waals surface area contributed by atoms with Gasteiger partial charge in [-0.05, 0) is 18.1 Å². The number of carboxylic acids is 1. The maximum absolute atomic E-state index is 11.2. The van der Waals surface area contributed by atoms with Gasteiger partial charge in [-0.25, -0.2) is 0 Å². The van der Waals surface area contributed by atoms with E-state index in [2.05, 4.69) is 22.0 Å². The third kappa shape index (κ3) is 3.66. The van der Waals surface area contributed by atoms with E-state index in [1.165, 1.54) is 5.56 Å². The van der Waals surface area contributed by atoms with Gasteiger partial charge in [-0.3, -0.25) is 9.79 Å². The highest BCUT2D eigenvalue weighted by Gasteiger charge is 2.19. The summed E-state index contributed by atoms with van der Waals surface area (Å²) in [5, 5.41) is 9.19. The van der Waals surface area contributed by atoms with Crippen LogP contribution in [0.4, 0.5) is 5.69 Å². The Labute approximate surface area is 135 Å². The van der Waals surface area contributed by atoms with Gasteiger partial charge in [-0.2, -0.15) is 0 Å². The number of benzene rings is 2. The zero-order valence-corrected chi connectivity index (χ0v) is 12.7. The number of carboxylic acid groups (broad SMARTS) is 1. The van der Waals surface area contributed by atoms with Gasteiger partial charge in [0.2, 0.25) is 0 Å². The van der Waals surface area contributed by atoms with Gasteiger partial charge in [-0.1, -0.05) is 48.5 Å². The number of aliphatic imine (C=N–C) groups is 1. The molecule has 1 aliphatic rings. The van der Waals surface area contributed by atoms with Crippen molar-refractivity contribution in [2.24, 2.45) is 4.99 Å². The molecule has 2 aromatic rings. The second kappa shape index (κ2) is 6.92. The predicted molar refractivity (Wildman–Crippen MR) is 91.9 cm³/mol. The number of carbonyl (C=O) groups is 1. The van der Waals surface area contributed by atoms with E-state index in [0.717, 1.165) is 17.7 Å². The maximum atomic E-state index is 11.2. The van der Waals surface area contributed by atoms with E-state index >= 15 is 0 Å². The zero-order valence-electron chi connectivity index (χ0n) is 12.7. The van der Waals surface area contributed by atoms with Crippen molar-refractivity contribution in [1.82, 2.24) is 0 Å². The smallest absolute Gasteiger partial charge is 0.309 e. The first kappa shape index (κ1) is 15.0. The Morgan fingerprint density at radius 3 is 2.57 bits per heavy atom. The zero-order chi connectivity index (χ0) is 16.1. The van der Waals surface area contributed by atoms with Crippen LogP contribution in [0.2, 0.25) is 0 Å². The summed E-state index contributed by atoms with van der Waals surface area (Å²) in [7, 11) is 0. The Morgan fingerprint density at radius 1 is 1.04 bits per heavy atom. The number of rotatable bonds is 5. The Bertz CT molecular complexity index is 751. The molecule has 0 radical (unpaired) electrons. The number of nitrogens with zero attached hydrogens (tertiary/aromatic N) is 2. The molecule has 0 bridgehead atoms. The summed E-state index contributed by atoms with van der Waals surface area (Å²) >= 11 is 0. The average Bonchev–Trinajstić information content (AvgIpc) is 2.72. The van der Waals surface area contributed by atoms with Gasteiger partial charge in [0.05, 0.1) is 6.42 Å². The van der Waals surface area contributed by atoms with E-state index in [9.17, 15) is 9.90 Å². The molecule has 2 aromatic carbocycles. The predicted octanol–water partition coefficient (Wildman–Crippen LogP) is 3.48. The first-order valence-corrected chi connectivity index (χ1v) is 7.58. The van der Waals surface area contributed by atoms with Crippen molar-refractivity contribution in [1.29, 1.82) is 0 Å². The quantitative estimate of drug-likeness (QED) is 0.920. The molecule has 0 aliphatic carbocycles. The van der Waals surface area contributed by atoms with Crippen molar-refractivity contribution in [3.8, 4) is 0 Å². The molecule has 1 N–H and O–H groups in total. The number of para-hydroxylation sites is 1. The number of hydrogen-bond acceptors (Lipinski definition) is 3. The molecule has 0 unspecified atom stereocenters. The Kier molecular flexibility index (Phi) is 4.52. The fourth-order valence-electron chi connectivity index (χ4n) is 2.72. The maximum Gasteiger partial charge on any atom is 0.309 e. The Morgan fingerprint density at radius 2 is 1.78 bits per heavy atom. The van der Waals surface area contributed by atoms with Crippen molar-refractivity contribution >= 4 is 17.9 Å². The van der Waals surface area contributed by atoms with Crippen molar-refractivity contribution < 1.29 is 9.90 Å². The SMILES string of the molecule is O=C(O)CC1=CN=Cc2ccccc2N1CCc1ccccc1. The van der Waals surface area contributed by atoms with Crippen LogP contribution in [0.5, 0.6) is 0 Å². The average molecular weight is 306 g/mol. The van der Waals surface area contributed by atoms with Gasteiger partial charge < -0.3 is 10.0 Å². The van der Waals surface area contributed by atoms with Gasteiger partial charge in [-0.15, -0.1) is 0 Å². The van der Waals surface area contributed by atoms with Crippen molar-refractivity contribution in [3.63, 3.8) is 0 Å². The summed E-state index contributed by atoms with van der Waals surface area (Å²) < 4.78 is 0. The van der Waals surface area contributed by atoms with Gasteiger partial charge >= 0.3 is 5.97 Å². The van der Waals surface area contributed by atoms with E-state index in [4.69, 9.17) is 0 Å². The fourth-order valence-corrected chi connectivity index (χ4v) is 2.72. The molecule has 0 aromatic heterocycles. The van der Waals surface area contributed by atoms with Gasteiger partial charge in [0.15, 0.2) is 0 Å². The Hall–Kier alpha value is -2.88. The molecule has 23 heavy (non-hydrogen) atoms. The molecule has 3 rings (SSSR count). The lowest BCUT2D eigenvalue weighted by Crippen LogP contribution is -2.27. The molecular formula is C19H18N2O2. The molecule has 1 aliphatic heterocycles. The molecule has 4 heteroatoms. The lowest BCUT2D eigenvalue weighted by Gasteiger charge is -2.27. The van der Waals surface area contributed by atoms with Crippen LogP contribution >= 0.6 is 0 Å². The number of aliphatic carboxylic acids is 1. The van der Waals surface area contributed by atoms with Crippen molar-refractivity contribution in [3.05, 3.63) is 77.6 Å². The van der Waals surface area contributed by atoms with Crippen LogP contribution in [0.3, 0.4) is 0 Å². The first-order chi connectivity index (χ1) is 11.2. The lowest BCUT2D eigenvalue weighted by molar-refractivity contribution is -0.136. The minimum absolute atomic E-state index is 0.0412. The number of fused-ring (bicyclic) bond motifs is 1. The van der Waals surface area contributed by atoms with Crippen molar-refractivity contribution in [2.45, 2.75) is 12.8 Å². The molecule has 0 fully saturated rings. The van der Waals surface area contributed by atoms with Crippen LogP contribution < -0.4 is 4.90 Å². The molecule has 0 saturated carbocycles. The van der Waals surface area contributed by atoms with Crippen molar-refractivity contribution in [2.75, 3.05) is 11.4 Å². The summed E-state index contributed by atoms with van der Waals surface area (Å²) in [6.07, 6.45) is 4.23. The van der Waals surface area contributed by atoms with E-state index in [0.29, 0.717) is 12.2 Å². The molecule has 116 valence electrons. The highest BCUT2D eigenvalue weighted by Crippen LogP contribution is 2.27. The van der Waals surface area contributed by atoms with Gasteiger partial charge in [0.25, 0.3) is 0 Å². The summed E-state index contributed by atoms with van der Waals surface area (Å²) in [5.41, 5.74) is 3.92. The Balaban J connectivity index is 1.89. The third-order valence-corrected chi connectivity index (χ3v) is 3.81. The number of hydrogen-bond donors (Lipinski definition) is 1. The molecule has 0 saturated heterocycles.